The van der Waals surface area contributed by atoms with Gasteiger partial charge in [0.1, 0.15) is 5.54 Å². The molecule has 2 heterocycles. The van der Waals surface area contributed by atoms with Crippen LogP contribution in [0, 0.1) is 0 Å². The molecule has 7 heteroatoms. The molecule has 2 rings (SSSR count). The molecule has 0 aromatic heterocycles. The molecule has 0 aromatic carbocycles. The van der Waals surface area contributed by atoms with E-state index in [2.05, 4.69) is 15.4 Å². The molecule has 0 saturated carbocycles. The van der Waals surface area contributed by atoms with Crippen molar-refractivity contribution in [3.8, 4) is 0 Å². The van der Waals surface area contributed by atoms with Crippen LogP contribution in [0.15, 0.2) is 5.16 Å². The van der Waals surface area contributed by atoms with Gasteiger partial charge in [0.2, 0.25) is 0 Å². The van der Waals surface area contributed by atoms with Gasteiger partial charge in [0.05, 0.1) is 0 Å². The predicted octanol–water partition coefficient (Wildman–Crippen LogP) is 0.783. The van der Waals surface area contributed by atoms with Crippen LogP contribution in [0.2, 0.25) is 0 Å². The van der Waals surface area contributed by atoms with E-state index < -0.39 is 5.54 Å². The molecule has 2 amide bonds. The van der Waals surface area contributed by atoms with Crippen molar-refractivity contribution in [2.45, 2.75) is 44.1 Å². The van der Waals surface area contributed by atoms with Gasteiger partial charge in [-0.15, -0.1) is 0 Å². The fourth-order valence-electron chi connectivity index (χ4n) is 3.10. The molecule has 0 bridgehead atoms. The Kier molecular flexibility index (Phi) is 5.27. The number of nitrogens with two attached hydrogens (primary N) is 1. The second-order valence-electron chi connectivity index (χ2n) is 6.20. The summed E-state index contributed by atoms with van der Waals surface area (Å²) in [5.74, 6) is 0.110. The molecule has 2 aliphatic heterocycles. The summed E-state index contributed by atoms with van der Waals surface area (Å²) in [6, 6.07) is -0.0898. The lowest BCUT2D eigenvalue weighted by atomic mass is 9.86. The molecule has 0 atom stereocenters. The van der Waals surface area contributed by atoms with Crippen molar-refractivity contribution in [2.24, 2.45) is 10.9 Å². The number of amidine groups is 1. The minimum atomic E-state index is -0.718. The Labute approximate surface area is 126 Å². The van der Waals surface area contributed by atoms with Gasteiger partial charge in [-0.2, -0.15) is 0 Å². The third kappa shape index (κ3) is 3.78. The van der Waals surface area contributed by atoms with E-state index >= 15 is 0 Å². The minimum Gasteiger partial charge on any atom is -0.409 e. The fraction of sp³-hybridized carbons (Fsp3) is 0.857. The van der Waals surface area contributed by atoms with Gasteiger partial charge in [-0.25, -0.2) is 4.79 Å². The van der Waals surface area contributed by atoms with E-state index in [1.807, 2.05) is 11.9 Å². The molecule has 0 unspecified atom stereocenters. The van der Waals surface area contributed by atoms with Crippen molar-refractivity contribution >= 4 is 11.9 Å². The highest BCUT2D eigenvalue weighted by Gasteiger charge is 2.40. The number of hydrogen-bond donors (Lipinski definition) is 3. The zero-order chi connectivity index (χ0) is 15.3. The van der Waals surface area contributed by atoms with E-state index in [9.17, 15) is 4.79 Å². The number of amides is 2. The third-order valence-corrected chi connectivity index (χ3v) is 4.68. The van der Waals surface area contributed by atoms with Crippen LogP contribution in [0.25, 0.3) is 0 Å². The molecule has 0 aromatic rings. The number of nitrogens with one attached hydrogen (secondary N) is 1. The highest BCUT2D eigenvalue weighted by molar-refractivity contribution is 5.93. The van der Waals surface area contributed by atoms with Gasteiger partial charge in [0.15, 0.2) is 5.84 Å². The number of carbonyl (C=O) groups is 1. The first-order valence-electron chi connectivity index (χ1n) is 7.81. The molecule has 120 valence electrons. The first kappa shape index (κ1) is 15.9. The quantitative estimate of drug-likeness (QED) is 0.304. The maximum atomic E-state index is 12.5. The van der Waals surface area contributed by atoms with Crippen LogP contribution in [0.1, 0.15) is 38.5 Å². The lowest BCUT2D eigenvalue weighted by Gasteiger charge is -2.41. The van der Waals surface area contributed by atoms with Gasteiger partial charge < -0.3 is 26.1 Å². The molecule has 7 nitrogen and oxygen atoms in total. The van der Waals surface area contributed by atoms with Gasteiger partial charge >= 0.3 is 6.03 Å². The van der Waals surface area contributed by atoms with Crippen LogP contribution in [0.4, 0.5) is 4.79 Å². The summed E-state index contributed by atoms with van der Waals surface area (Å²) in [4.78, 5) is 16.6. The van der Waals surface area contributed by atoms with Crippen LogP contribution < -0.4 is 11.1 Å². The summed E-state index contributed by atoms with van der Waals surface area (Å²) in [5.41, 5.74) is 5.17. The molecule has 0 radical (unpaired) electrons. The van der Waals surface area contributed by atoms with Crippen molar-refractivity contribution in [3.05, 3.63) is 0 Å². The number of piperidine rings is 1. The maximum absolute atomic E-state index is 12.5. The maximum Gasteiger partial charge on any atom is 0.318 e. The van der Waals surface area contributed by atoms with Gasteiger partial charge in [0.25, 0.3) is 0 Å². The monoisotopic (exact) mass is 297 g/mol. The highest BCUT2D eigenvalue weighted by atomic mass is 16.4. The van der Waals surface area contributed by atoms with E-state index in [0.717, 1.165) is 39.0 Å². The Bertz CT molecular complexity index is 383. The normalized spacial score (nSPS) is 24.4. The molecular weight excluding hydrogens is 270 g/mol. The number of rotatable bonds is 2. The van der Waals surface area contributed by atoms with Gasteiger partial charge in [-0.3, -0.25) is 0 Å². The second kappa shape index (κ2) is 6.98. The number of nitrogens with zero attached hydrogens (tertiary/aromatic N) is 3. The van der Waals surface area contributed by atoms with E-state index in [1.54, 1.807) is 0 Å². The van der Waals surface area contributed by atoms with Crippen LogP contribution in [-0.2, 0) is 0 Å². The van der Waals surface area contributed by atoms with Gasteiger partial charge in [-0.05, 0) is 32.7 Å². The number of carbonyl (C=O) groups excluding carboxylic acids is 1. The smallest absolute Gasteiger partial charge is 0.318 e. The fourth-order valence-corrected chi connectivity index (χ4v) is 3.10. The second-order valence-corrected chi connectivity index (χ2v) is 6.20. The van der Waals surface area contributed by atoms with E-state index in [4.69, 9.17) is 10.9 Å². The topological polar surface area (TPSA) is 94.2 Å². The van der Waals surface area contributed by atoms with Crippen molar-refractivity contribution < 1.29 is 10.0 Å². The SMILES string of the molecule is CN1CCC(NC(=O)N2CCCCCC2)(C(N)=NO)CC1. The zero-order valence-corrected chi connectivity index (χ0v) is 12.8. The van der Waals surface area contributed by atoms with Crippen LogP contribution in [0.3, 0.4) is 0 Å². The van der Waals surface area contributed by atoms with Crippen molar-refractivity contribution in [1.29, 1.82) is 0 Å². The highest BCUT2D eigenvalue weighted by Crippen LogP contribution is 2.23. The number of likely N-dealkylation sites (tertiary alicyclic amines) is 2. The first-order valence-corrected chi connectivity index (χ1v) is 7.81. The van der Waals surface area contributed by atoms with Crippen molar-refractivity contribution in [3.63, 3.8) is 0 Å². The van der Waals surface area contributed by atoms with Crippen LogP contribution >= 0.6 is 0 Å². The minimum absolute atomic E-state index is 0.0898. The summed E-state index contributed by atoms with van der Waals surface area (Å²) >= 11 is 0. The first-order chi connectivity index (χ1) is 10.1. The molecular formula is C14H27N5O2. The van der Waals surface area contributed by atoms with Gasteiger partial charge in [-0.1, -0.05) is 18.0 Å². The standard InChI is InChI=1S/C14H27N5O2/c1-18-10-6-14(7-11-18,12(15)17-21)16-13(20)19-8-4-2-3-5-9-19/h21H,2-11H2,1H3,(H2,15,17)(H,16,20). The molecule has 21 heavy (non-hydrogen) atoms. The van der Waals surface area contributed by atoms with E-state index in [1.165, 1.54) is 12.8 Å². The zero-order valence-electron chi connectivity index (χ0n) is 12.8. The number of hydrogen-bond acceptors (Lipinski definition) is 4. The Hall–Kier alpha value is -1.50. The Morgan fingerprint density at radius 1 is 1.14 bits per heavy atom. The van der Waals surface area contributed by atoms with Crippen molar-refractivity contribution in [1.82, 2.24) is 15.1 Å². The molecule has 2 saturated heterocycles. The average molecular weight is 297 g/mol. The van der Waals surface area contributed by atoms with Gasteiger partial charge in [0, 0.05) is 26.2 Å². The van der Waals surface area contributed by atoms with Crippen LogP contribution in [0.5, 0.6) is 0 Å². The average Bonchev–Trinajstić information content (AvgIpc) is 2.78. The molecule has 4 N–H and O–H groups in total. The molecule has 0 spiro atoms. The lowest BCUT2D eigenvalue weighted by Crippen LogP contribution is -2.64. The molecule has 0 aliphatic carbocycles. The van der Waals surface area contributed by atoms with E-state index in [-0.39, 0.29) is 11.9 Å². The number of oxime groups is 1. The summed E-state index contributed by atoms with van der Waals surface area (Å²) in [5, 5.41) is 15.3. The third-order valence-electron chi connectivity index (χ3n) is 4.68. The van der Waals surface area contributed by atoms with E-state index in [0.29, 0.717) is 12.8 Å². The number of urea groups is 1. The largest absolute Gasteiger partial charge is 0.409 e. The Morgan fingerprint density at radius 3 is 2.24 bits per heavy atom. The molecule has 2 fully saturated rings. The lowest BCUT2D eigenvalue weighted by molar-refractivity contribution is 0.166. The summed E-state index contributed by atoms with van der Waals surface area (Å²) < 4.78 is 0. The summed E-state index contributed by atoms with van der Waals surface area (Å²) in [6.07, 6.45) is 5.79. The van der Waals surface area contributed by atoms with Crippen molar-refractivity contribution in [2.75, 3.05) is 33.2 Å². The summed E-state index contributed by atoms with van der Waals surface area (Å²) in [6.45, 7) is 3.21. The Morgan fingerprint density at radius 2 is 1.71 bits per heavy atom. The predicted molar refractivity (Wildman–Crippen MR) is 81.4 cm³/mol. The molecule has 2 aliphatic rings. The summed E-state index contributed by atoms with van der Waals surface area (Å²) in [7, 11) is 2.03. The Balaban J connectivity index is 2.06. The van der Waals surface area contributed by atoms with Crippen LogP contribution in [-0.4, -0.2) is 65.6 Å².